The fraction of sp³-hybridized carbons (Fsp3) is 0.350. The van der Waals surface area contributed by atoms with Gasteiger partial charge in [-0.2, -0.15) is 4.31 Å². The molecular weight excluding hydrogens is 364 g/mol. The summed E-state index contributed by atoms with van der Waals surface area (Å²) in [7, 11) is -3.52. The van der Waals surface area contributed by atoms with Crippen molar-refractivity contribution in [3.05, 3.63) is 60.2 Å². The van der Waals surface area contributed by atoms with Gasteiger partial charge in [0, 0.05) is 26.2 Å². The van der Waals surface area contributed by atoms with Crippen molar-refractivity contribution in [2.45, 2.75) is 24.8 Å². The molecule has 1 aliphatic rings. The van der Waals surface area contributed by atoms with Crippen molar-refractivity contribution in [1.29, 1.82) is 0 Å². The highest BCUT2D eigenvalue weighted by atomic mass is 32.2. The molecule has 0 aromatic heterocycles. The SMILES string of the molecule is Cc1ccc(O[C@H](C)C(=O)N2CCN(S(=O)(=O)c3ccccc3)CC2)cc1. The van der Waals surface area contributed by atoms with Crippen LogP contribution in [0.2, 0.25) is 0 Å². The van der Waals surface area contributed by atoms with Gasteiger partial charge < -0.3 is 9.64 Å². The first-order valence-corrected chi connectivity index (χ1v) is 10.4. The third-order valence-electron chi connectivity index (χ3n) is 4.61. The van der Waals surface area contributed by atoms with Gasteiger partial charge in [-0.15, -0.1) is 0 Å². The summed E-state index contributed by atoms with van der Waals surface area (Å²) in [6.07, 6.45) is -0.620. The largest absolute Gasteiger partial charge is 0.481 e. The molecule has 144 valence electrons. The van der Waals surface area contributed by atoms with E-state index in [1.165, 1.54) is 4.31 Å². The van der Waals surface area contributed by atoms with Crippen LogP contribution in [0.4, 0.5) is 0 Å². The van der Waals surface area contributed by atoms with E-state index in [-0.39, 0.29) is 23.9 Å². The fourth-order valence-electron chi connectivity index (χ4n) is 3.02. The lowest BCUT2D eigenvalue weighted by atomic mass is 10.2. The van der Waals surface area contributed by atoms with E-state index in [0.717, 1.165) is 5.56 Å². The number of hydrogen-bond donors (Lipinski definition) is 0. The number of sulfonamides is 1. The molecule has 2 aromatic rings. The molecule has 7 heteroatoms. The van der Waals surface area contributed by atoms with E-state index in [2.05, 4.69) is 0 Å². The van der Waals surface area contributed by atoms with Gasteiger partial charge in [0.25, 0.3) is 5.91 Å². The zero-order valence-electron chi connectivity index (χ0n) is 15.5. The van der Waals surface area contributed by atoms with Gasteiger partial charge in [-0.1, -0.05) is 35.9 Å². The van der Waals surface area contributed by atoms with Gasteiger partial charge in [0.05, 0.1) is 4.90 Å². The molecule has 1 atom stereocenters. The van der Waals surface area contributed by atoms with Crippen LogP contribution in [0, 0.1) is 6.92 Å². The molecule has 0 aliphatic carbocycles. The maximum Gasteiger partial charge on any atom is 0.263 e. The molecule has 0 radical (unpaired) electrons. The number of amides is 1. The Kier molecular flexibility index (Phi) is 5.82. The normalized spacial score (nSPS) is 16.7. The molecule has 0 N–H and O–H groups in total. The lowest BCUT2D eigenvalue weighted by Gasteiger charge is -2.35. The number of carbonyl (C=O) groups excluding carboxylic acids is 1. The van der Waals surface area contributed by atoms with Crippen LogP contribution in [0.1, 0.15) is 12.5 Å². The van der Waals surface area contributed by atoms with Crippen molar-refractivity contribution >= 4 is 15.9 Å². The Morgan fingerprint density at radius 1 is 0.963 bits per heavy atom. The molecule has 6 nitrogen and oxygen atoms in total. The van der Waals surface area contributed by atoms with Gasteiger partial charge in [0.1, 0.15) is 5.75 Å². The van der Waals surface area contributed by atoms with E-state index < -0.39 is 16.1 Å². The Balaban J connectivity index is 1.58. The summed E-state index contributed by atoms with van der Waals surface area (Å²) in [5.74, 6) is 0.513. The van der Waals surface area contributed by atoms with Crippen LogP contribution in [-0.2, 0) is 14.8 Å². The summed E-state index contributed by atoms with van der Waals surface area (Å²) in [5.41, 5.74) is 1.12. The topological polar surface area (TPSA) is 66.9 Å². The van der Waals surface area contributed by atoms with Crippen molar-refractivity contribution in [2.75, 3.05) is 26.2 Å². The monoisotopic (exact) mass is 388 g/mol. The van der Waals surface area contributed by atoms with Crippen LogP contribution >= 0.6 is 0 Å². The molecule has 1 aliphatic heterocycles. The number of rotatable bonds is 5. The standard InChI is InChI=1S/C20H24N2O4S/c1-16-8-10-18(11-9-16)26-17(2)20(23)21-12-14-22(15-13-21)27(24,25)19-6-4-3-5-7-19/h3-11,17H,12-15H2,1-2H3/t17-/m1/s1. The van der Waals surface area contributed by atoms with Crippen LogP contribution in [-0.4, -0.2) is 55.8 Å². The molecule has 0 spiro atoms. The van der Waals surface area contributed by atoms with E-state index in [1.807, 2.05) is 31.2 Å². The second kappa shape index (κ2) is 8.10. The van der Waals surface area contributed by atoms with E-state index in [9.17, 15) is 13.2 Å². The zero-order chi connectivity index (χ0) is 19.4. The van der Waals surface area contributed by atoms with Crippen LogP contribution in [0.25, 0.3) is 0 Å². The van der Waals surface area contributed by atoms with Crippen LogP contribution in [0.5, 0.6) is 5.75 Å². The number of ether oxygens (including phenoxy) is 1. The van der Waals surface area contributed by atoms with Crippen LogP contribution in [0.3, 0.4) is 0 Å². The average Bonchev–Trinajstić information content (AvgIpc) is 2.70. The van der Waals surface area contributed by atoms with Crippen molar-refractivity contribution in [1.82, 2.24) is 9.21 Å². The zero-order valence-corrected chi connectivity index (χ0v) is 16.4. The van der Waals surface area contributed by atoms with Crippen molar-refractivity contribution in [3.8, 4) is 5.75 Å². The summed E-state index contributed by atoms with van der Waals surface area (Å²) in [6, 6.07) is 15.9. The summed E-state index contributed by atoms with van der Waals surface area (Å²) in [4.78, 5) is 14.6. The van der Waals surface area contributed by atoms with Gasteiger partial charge >= 0.3 is 0 Å². The number of piperazine rings is 1. The van der Waals surface area contributed by atoms with Crippen LogP contribution < -0.4 is 4.74 Å². The lowest BCUT2D eigenvalue weighted by Crippen LogP contribution is -2.53. The maximum atomic E-state index is 12.7. The second-order valence-electron chi connectivity index (χ2n) is 6.62. The quantitative estimate of drug-likeness (QED) is 0.788. The Morgan fingerprint density at radius 2 is 1.56 bits per heavy atom. The lowest BCUT2D eigenvalue weighted by molar-refractivity contribution is -0.139. The van der Waals surface area contributed by atoms with Gasteiger partial charge in [0.2, 0.25) is 10.0 Å². The first-order chi connectivity index (χ1) is 12.9. The average molecular weight is 388 g/mol. The Bertz CT molecular complexity index is 874. The van der Waals surface area contributed by atoms with Gasteiger partial charge in [0.15, 0.2) is 6.10 Å². The molecule has 2 aromatic carbocycles. The number of hydrogen-bond acceptors (Lipinski definition) is 4. The first kappa shape index (κ1) is 19.4. The van der Waals surface area contributed by atoms with Crippen molar-refractivity contribution in [2.24, 2.45) is 0 Å². The fourth-order valence-corrected chi connectivity index (χ4v) is 4.46. The predicted molar refractivity (Wildman–Crippen MR) is 103 cm³/mol. The van der Waals surface area contributed by atoms with Crippen LogP contribution in [0.15, 0.2) is 59.5 Å². The molecule has 1 amide bonds. The van der Waals surface area contributed by atoms with Crippen molar-refractivity contribution in [3.63, 3.8) is 0 Å². The van der Waals surface area contributed by atoms with Gasteiger partial charge in [-0.25, -0.2) is 8.42 Å². The summed E-state index contributed by atoms with van der Waals surface area (Å²) >= 11 is 0. The number of carbonyl (C=O) groups is 1. The van der Waals surface area contributed by atoms with Gasteiger partial charge in [-0.3, -0.25) is 4.79 Å². The summed E-state index contributed by atoms with van der Waals surface area (Å²) in [6.45, 7) is 4.97. The Morgan fingerprint density at radius 3 is 2.15 bits per heavy atom. The van der Waals surface area contributed by atoms with E-state index in [4.69, 9.17) is 4.74 Å². The molecule has 1 heterocycles. The second-order valence-corrected chi connectivity index (χ2v) is 8.55. The van der Waals surface area contributed by atoms with Gasteiger partial charge in [-0.05, 0) is 38.1 Å². The minimum absolute atomic E-state index is 0.132. The highest BCUT2D eigenvalue weighted by Crippen LogP contribution is 2.19. The molecule has 27 heavy (non-hydrogen) atoms. The first-order valence-electron chi connectivity index (χ1n) is 8.95. The van der Waals surface area contributed by atoms with E-state index >= 15 is 0 Å². The minimum atomic E-state index is -3.52. The molecule has 1 saturated heterocycles. The third kappa shape index (κ3) is 4.48. The Labute approximate surface area is 160 Å². The highest BCUT2D eigenvalue weighted by molar-refractivity contribution is 7.89. The van der Waals surface area contributed by atoms with E-state index in [0.29, 0.717) is 18.8 Å². The highest BCUT2D eigenvalue weighted by Gasteiger charge is 2.31. The molecule has 3 rings (SSSR count). The molecule has 0 saturated carbocycles. The smallest absolute Gasteiger partial charge is 0.263 e. The van der Waals surface area contributed by atoms with E-state index in [1.54, 1.807) is 42.2 Å². The molecular formula is C20H24N2O4S. The number of benzene rings is 2. The third-order valence-corrected chi connectivity index (χ3v) is 6.53. The summed E-state index contributed by atoms with van der Waals surface area (Å²) in [5, 5.41) is 0. The number of aryl methyl sites for hydroxylation is 1. The Hall–Kier alpha value is -2.38. The molecule has 0 unspecified atom stereocenters. The summed E-state index contributed by atoms with van der Waals surface area (Å²) < 4.78 is 32.5. The maximum absolute atomic E-state index is 12.7. The minimum Gasteiger partial charge on any atom is -0.481 e. The number of nitrogens with zero attached hydrogens (tertiary/aromatic N) is 2. The van der Waals surface area contributed by atoms with Crippen molar-refractivity contribution < 1.29 is 17.9 Å². The molecule has 0 bridgehead atoms. The predicted octanol–water partition coefficient (Wildman–Crippen LogP) is 2.30. The molecule has 1 fully saturated rings.